The van der Waals surface area contributed by atoms with Gasteiger partial charge in [-0.25, -0.2) is 0 Å². The van der Waals surface area contributed by atoms with E-state index in [4.69, 9.17) is 37.2 Å². The molecular formula is C13H18NO9PS. The predicted octanol–water partition coefficient (Wildman–Crippen LogP) is -2.00. The topological polar surface area (TPSA) is 183 Å². The van der Waals surface area contributed by atoms with Gasteiger partial charge >= 0.3 is 7.60 Å². The van der Waals surface area contributed by atoms with Crippen LogP contribution in [0.1, 0.15) is 5.56 Å². The predicted molar refractivity (Wildman–Crippen MR) is 87.7 cm³/mol. The smallest absolute Gasteiger partial charge is 0.356 e. The Morgan fingerprint density at radius 1 is 1.20 bits per heavy atom. The van der Waals surface area contributed by atoms with E-state index in [0.717, 1.165) is 0 Å². The average molecular weight is 395 g/mol. The molecule has 1 heterocycles. The third-order valence-electron chi connectivity index (χ3n) is 3.64. The second kappa shape index (κ2) is 7.62. The molecule has 0 spiro atoms. The molecule has 1 fully saturated rings. The van der Waals surface area contributed by atoms with Crippen LogP contribution < -0.4 is 10.5 Å². The summed E-state index contributed by atoms with van der Waals surface area (Å²) in [5, 5.41) is 39.4. The lowest BCUT2D eigenvalue weighted by atomic mass is 9.99. The Hall–Kier alpha value is -1.14. The van der Waals surface area contributed by atoms with Crippen LogP contribution in [0.2, 0.25) is 0 Å². The summed E-state index contributed by atoms with van der Waals surface area (Å²) >= 11 is 4.86. The summed E-state index contributed by atoms with van der Waals surface area (Å²) in [6.45, 7) is 0. The van der Waals surface area contributed by atoms with Crippen LogP contribution >= 0.6 is 19.8 Å². The Balaban J connectivity index is 2.28. The van der Waals surface area contributed by atoms with Crippen molar-refractivity contribution in [3.63, 3.8) is 0 Å². The van der Waals surface area contributed by atoms with Gasteiger partial charge in [-0.3, -0.25) is 4.57 Å². The van der Waals surface area contributed by atoms with Crippen molar-refractivity contribution >= 4 is 24.8 Å². The first kappa shape index (κ1) is 20.2. The summed E-state index contributed by atoms with van der Waals surface area (Å²) in [5.41, 5.74) is 5.84. The van der Waals surface area contributed by atoms with E-state index in [-0.39, 0.29) is 10.7 Å². The van der Waals surface area contributed by atoms with Gasteiger partial charge in [-0.2, -0.15) is 0 Å². The largest absolute Gasteiger partial charge is 0.461 e. The van der Waals surface area contributed by atoms with Crippen LogP contribution in [0.15, 0.2) is 24.3 Å². The van der Waals surface area contributed by atoms with Crippen LogP contribution in [-0.2, 0) is 9.30 Å². The number of nitrogens with two attached hydrogens (primary N) is 1. The van der Waals surface area contributed by atoms with Gasteiger partial charge in [0.1, 0.15) is 35.2 Å². The molecule has 1 aromatic carbocycles. The van der Waals surface area contributed by atoms with Gasteiger partial charge in [0, 0.05) is 0 Å². The number of ether oxygens (including phenoxy) is 2. The van der Waals surface area contributed by atoms with Crippen LogP contribution in [0.3, 0.4) is 0 Å². The Kier molecular flexibility index (Phi) is 6.15. The Bertz CT molecular complexity index is 683. The molecule has 0 aliphatic carbocycles. The van der Waals surface area contributed by atoms with Gasteiger partial charge in [0.15, 0.2) is 5.85 Å². The molecule has 140 valence electrons. The molecule has 10 nitrogen and oxygen atoms in total. The van der Waals surface area contributed by atoms with Gasteiger partial charge in [-0.05, 0) is 12.1 Å². The van der Waals surface area contributed by atoms with Crippen molar-refractivity contribution in [3.05, 3.63) is 29.8 Å². The molecule has 8 N–H and O–H groups in total. The van der Waals surface area contributed by atoms with Crippen LogP contribution in [0.5, 0.6) is 5.75 Å². The number of benzene rings is 1. The van der Waals surface area contributed by atoms with Crippen molar-refractivity contribution in [3.8, 4) is 5.75 Å². The zero-order valence-corrected chi connectivity index (χ0v) is 14.3. The Morgan fingerprint density at radius 3 is 2.36 bits per heavy atom. The zero-order chi connectivity index (χ0) is 18.9. The molecule has 2 rings (SSSR count). The number of para-hydroxylation sites is 1. The minimum Gasteiger partial charge on any atom is -0.461 e. The van der Waals surface area contributed by atoms with E-state index in [1.165, 1.54) is 12.1 Å². The Labute approximate surface area is 147 Å². The fourth-order valence-corrected chi connectivity index (χ4v) is 3.10. The van der Waals surface area contributed by atoms with Gasteiger partial charge in [0.25, 0.3) is 0 Å². The molecule has 0 radical (unpaired) electrons. The highest BCUT2D eigenvalue weighted by Gasteiger charge is 2.51. The standard InChI is InChI=1S/C13H18NO9PS/c14-11(25)5-3-1-2-4-6(5)22-13-9(17)7(15)8(16)10(23-13)12(18)24(19,20)21/h1-4,7-10,12-13,15-18H,(H2,14,25)(H2,19,20,21)/t7-,8-,9-,10-,12?,13-/m0/s1. The molecule has 6 atom stereocenters. The molecule has 0 aromatic heterocycles. The summed E-state index contributed by atoms with van der Waals surface area (Å²) in [6, 6.07) is 6.16. The molecule has 25 heavy (non-hydrogen) atoms. The molecule has 1 aliphatic heterocycles. The van der Waals surface area contributed by atoms with Gasteiger partial charge < -0.3 is 45.4 Å². The minimum absolute atomic E-state index is 0.0201. The highest BCUT2D eigenvalue weighted by Crippen LogP contribution is 2.44. The lowest BCUT2D eigenvalue weighted by Crippen LogP contribution is -2.61. The molecule has 1 aliphatic rings. The fraction of sp³-hybridized carbons (Fsp3) is 0.462. The molecule has 0 amide bonds. The maximum atomic E-state index is 11.2. The molecule has 1 unspecified atom stereocenters. The molecule has 0 saturated carbocycles. The third kappa shape index (κ3) is 4.34. The number of rotatable bonds is 5. The second-order valence-electron chi connectivity index (χ2n) is 5.42. The van der Waals surface area contributed by atoms with Crippen LogP contribution in [0, 0.1) is 0 Å². The van der Waals surface area contributed by atoms with Crippen molar-refractivity contribution in [2.45, 2.75) is 36.6 Å². The van der Waals surface area contributed by atoms with Crippen molar-refractivity contribution in [1.82, 2.24) is 0 Å². The van der Waals surface area contributed by atoms with Gasteiger partial charge in [-0.15, -0.1) is 0 Å². The number of thiocarbonyl (C=S) groups is 1. The normalized spacial score (nSPS) is 31.4. The third-order valence-corrected chi connectivity index (χ3v) is 4.84. The fourth-order valence-electron chi connectivity index (χ4n) is 2.31. The summed E-state index contributed by atoms with van der Waals surface area (Å²) in [6.07, 6.45) is -9.17. The van der Waals surface area contributed by atoms with Gasteiger partial charge in [0.05, 0.1) is 5.56 Å². The monoisotopic (exact) mass is 395 g/mol. The van der Waals surface area contributed by atoms with E-state index in [2.05, 4.69) is 0 Å². The van der Waals surface area contributed by atoms with Crippen molar-refractivity contribution < 1.29 is 44.3 Å². The highest BCUT2D eigenvalue weighted by atomic mass is 32.1. The van der Waals surface area contributed by atoms with Crippen LogP contribution in [-0.4, -0.2) is 71.8 Å². The highest BCUT2D eigenvalue weighted by molar-refractivity contribution is 7.80. The average Bonchev–Trinajstić information content (AvgIpc) is 2.54. The minimum atomic E-state index is -5.06. The zero-order valence-electron chi connectivity index (χ0n) is 12.6. The molecule has 0 bridgehead atoms. The SMILES string of the molecule is NC(=S)c1ccccc1O[C@H]1O[C@H](C(O)P(=O)(O)O)[C@@H](O)[C@H](O)[C@@H]1O. The summed E-state index contributed by atoms with van der Waals surface area (Å²) < 4.78 is 21.7. The number of aliphatic hydroxyl groups excluding tert-OH is 4. The Morgan fingerprint density at radius 2 is 1.80 bits per heavy atom. The van der Waals surface area contributed by atoms with E-state index in [1.807, 2.05) is 0 Å². The van der Waals surface area contributed by atoms with E-state index in [0.29, 0.717) is 5.56 Å². The van der Waals surface area contributed by atoms with E-state index in [9.17, 15) is 25.0 Å². The number of hydrogen-bond donors (Lipinski definition) is 7. The van der Waals surface area contributed by atoms with Crippen molar-refractivity contribution in [2.75, 3.05) is 0 Å². The summed E-state index contributed by atoms with van der Waals surface area (Å²) in [5.74, 6) is -2.35. The lowest BCUT2D eigenvalue weighted by Gasteiger charge is -2.41. The van der Waals surface area contributed by atoms with Crippen molar-refractivity contribution in [2.24, 2.45) is 5.73 Å². The van der Waals surface area contributed by atoms with Gasteiger partial charge in [0.2, 0.25) is 6.29 Å². The van der Waals surface area contributed by atoms with E-state index < -0.39 is 44.1 Å². The van der Waals surface area contributed by atoms with Gasteiger partial charge in [-0.1, -0.05) is 24.4 Å². The second-order valence-corrected chi connectivity index (χ2v) is 7.57. The first-order valence-corrected chi connectivity index (χ1v) is 9.11. The van der Waals surface area contributed by atoms with Crippen LogP contribution in [0.25, 0.3) is 0 Å². The summed E-state index contributed by atoms with van der Waals surface area (Å²) in [7, 11) is -5.06. The molecular weight excluding hydrogens is 377 g/mol. The quantitative estimate of drug-likeness (QED) is 0.216. The van der Waals surface area contributed by atoms with Crippen LogP contribution in [0.4, 0.5) is 0 Å². The van der Waals surface area contributed by atoms with E-state index >= 15 is 0 Å². The molecule has 1 aromatic rings. The first-order valence-electron chi connectivity index (χ1n) is 7.02. The maximum Gasteiger partial charge on any atom is 0.356 e. The molecule has 12 heteroatoms. The van der Waals surface area contributed by atoms with E-state index in [1.54, 1.807) is 12.1 Å². The summed E-state index contributed by atoms with van der Waals surface area (Å²) in [4.78, 5) is 18.1. The number of aliphatic hydroxyl groups is 4. The first-order chi connectivity index (χ1) is 11.5. The maximum absolute atomic E-state index is 11.2. The number of hydrogen-bond acceptors (Lipinski definition) is 8. The van der Waals surface area contributed by atoms with Crippen molar-refractivity contribution in [1.29, 1.82) is 0 Å². The molecule has 1 saturated heterocycles. The lowest BCUT2D eigenvalue weighted by molar-refractivity contribution is -0.282.